The van der Waals surface area contributed by atoms with E-state index in [2.05, 4.69) is 25.6 Å². The highest BCUT2D eigenvalue weighted by Crippen LogP contribution is 2.37. The van der Waals surface area contributed by atoms with Gasteiger partial charge in [-0.1, -0.05) is 0 Å². The number of halogens is 3. The van der Waals surface area contributed by atoms with Crippen LogP contribution >= 0.6 is 0 Å². The summed E-state index contributed by atoms with van der Waals surface area (Å²) in [5, 5.41) is 5.84. The van der Waals surface area contributed by atoms with Crippen LogP contribution in [0.1, 0.15) is 20.3 Å². The minimum Gasteiger partial charge on any atom is -0.353 e. The molecule has 0 saturated carbocycles. The first kappa shape index (κ1) is 16.7. The molecule has 22 heavy (non-hydrogen) atoms. The van der Waals surface area contributed by atoms with E-state index in [0.717, 1.165) is 33.4 Å². The predicted octanol–water partition coefficient (Wildman–Crippen LogP) is 1.67. The fourth-order valence-corrected chi connectivity index (χ4v) is 2.10. The molecule has 0 radical (unpaired) electrons. The van der Waals surface area contributed by atoms with Crippen LogP contribution in [0.3, 0.4) is 0 Å². The van der Waals surface area contributed by atoms with Crippen LogP contribution in [0.5, 0.6) is 0 Å². The molecule has 1 saturated heterocycles. The highest BCUT2D eigenvalue weighted by molar-refractivity contribution is 5.37. The normalized spacial score (nSPS) is 19.5. The molecule has 0 amide bonds. The fourth-order valence-electron chi connectivity index (χ4n) is 2.10. The zero-order valence-corrected chi connectivity index (χ0v) is 12.9. The first-order valence-corrected chi connectivity index (χ1v) is 7.15. The molecule has 0 spiro atoms. The van der Waals surface area contributed by atoms with Crippen molar-refractivity contribution in [2.24, 2.45) is 5.41 Å². The molecule has 0 aromatic carbocycles. The Balaban J connectivity index is 2.01. The lowest BCUT2D eigenvalue weighted by Gasteiger charge is -2.27. The molecule has 0 unspecified atom stereocenters. The van der Waals surface area contributed by atoms with E-state index in [1.807, 2.05) is 11.9 Å². The Hall–Kier alpha value is -1.64. The van der Waals surface area contributed by atoms with Crippen LogP contribution in [-0.2, 0) is 0 Å². The molecule has 2 N–H and O–H groups in total. The second kappa shape index (κ2) is 6.23. The van der Waals surface area contributed by atoms with Crippen LogP contribution in [0.15, 0.2) is 6.33 Å². The Labute approximate surface area is 127 Å². The summed E-state index contributed by atoms with van der Waals surface area (Å²) >= 11 is 0. The number of nitrogens with one attached hydrogen (secondary N) is 2. The maximum atomic E-state index is 12.8. The first-order valence-electron chi connectivity index (χ1n) is 7.15. The predicted molar refractivity (Wildman–Crippen MR) is 77.8 cm³/mol. The highest BCUT2D eigenvalue weighted by Gasteiger charge is 2.47. The maximum absolute atomic E-state index is 12.8. The standard InChI is InChI=1S/C13H21F3N6/c1-12(2,13(14,15)16)7-18-10-19-8-20-11(21-10)22-5-4-9(6-22)17-3/h8-9,17H,4-7H2,1-3H3,(H,18,19,20,21)/t9-/m1/s1. The van der Waals surface area contributed by atoms with E-state index in [4.69, 9.17) is 0 Å². The topological polar surface area (TPSA) is 66.0 Å². The Morgan fingerprint density at radius 3 is 2.64 bits per heavy atom. The summed E-state index contributed by atoms with van der Waals surface area (Å²) in [6, 6.07) is 0.373. The van der Waals surface area contributed by atoms with Crippen molar-refractivity contribution in [2.45, 2.75) is 32.5 Å². The summed E-state index contributed by atoms with van der Waals surface area (Å²) in [5.74, 6) is 0.648. The third kappa shape index (κ3) is 3.76. The van der Waals surface area contributed by atoms with Gasteiger partial charge in [-0.05, 0) is 27.3 Å². The van der Waals surface area contributed by atoms with Crippen LogP contribution in [0, 0.1) is 5.41 Å². The summed E-state index contributed by atoms with van der Waals surface area (Å²) < 4.78 is 38.5. The molecule has 0 bridgehead atoms. The van der Waals surface area contributed by atoms with Gasteiger partial charge >= 0.3 is 6.18 Å². The summed E-state index contributed by atoms with van der Waals surface area (Å²) in [5.41, 5.74) is -1.86. The van der Waals surface area contributed by atoms with E-state index in [1.165, 1.54) is 6.33 Å². The van der Waals surface area contributed by atoms with Gasteiger partial charge in [-0.15, -0.1) is 0 Å². The van der Waals surface area contributed by atoms with E-state index in [9.17, 15) is 13.2 Å². The van der Waals surface area contributed by atoms with E-state index in [1.54, 1.807) is 0 Å². The van der Waals surface area contributed by atoms with Gasteiger partial charge in [0.05, 0.1) is 5.41 Å². The molecule has 2 heterocycles. The molecule has 1 aliphatic rings. The molecule has 124 valence electrons. The number of hydrogen-bond donors (Lipinski definition) is 2. The number of likely N-dealkylation sites (N-methyl/N-ethyl adjacent to an activating group) is 1. The zero-order chi connectivity index (χ0) is 16.4. The third-order valence-corrected chi connectivity index (χ3v) is 3.89. The van der Waals surface area contributed by atoms with Gasteiger partial charge in [-0.25, -0.2) is 9.97 Å². The number of anilines is 2. The lowest BCUT2D eigenvalue weighted by molar-refractivity contribution is -0.206. The van der Waals surface area contributed by atoms with Crippen molar-refractivity contribution in [2.75, 3.05) is 36.9 Å². The van der Waals surface area contributed by atoms with Crippen molar-refractivity contribution in [3.05, 3.63) is 6.33 Å². The van der Waals surface area contributed by atoms with Crippen molar-refractivity contribution < 1.29 is 13.2 Å². The smallest absolute Gasteiger partial charge is 0.353 e. The molecule has 0 aliphatic carbocycles. The lowest BCUT2D eigenvalue weighted by Crippen LogP contribution is -2.38. The molecule has 1 aromatic rings. The number of nitrogens with zero attached hydrogens (tertiary/aromatic N) is 4. The molecule has 6 nitrogen and oxygen atoms in total. The highest BCUT2D eigenvalue weighted by atomic mass is 19.4. The Kier molecular flexibility index (Phi) is 4.74. The number of aromatic nitrogens is 3. The lowest BCUT2D eigenvalue weighted by atomic mass is 9.93. The molecule has 1 aromatic heterocycles. The van der Waals surface area contributed by atoms with E-state index >= 15 is 0 Å². The van der Waals surface area contributed by atoms with E-state index in [-0.39, 0.29) is 12.5 Å². The molecule has 2 rings (SSSR count). The first-order chi connectivity index (χ1) is 10.2. The molecule has 1 atom stereocenters. The Morgan fingerprint density at radius 1 is 1.32 bits per heavy atom. The average molecular weight is 318 g/mol. The fraction of sp³-hybridized carbons (Fsp3) is 0.769. The summed E-state index contributed by atoms with van der Waals surface area (Å²) in [6.45, 7) is 3.57. The van der Waals surface area contributed by atoms with Crippen LogP contribution in [0.4, 0.5) is 25.1 Å². The second-order valence-corrected chi connectivity index (χ2v) is 6.06. The van der Waals surface area contributed by atoms with Gasteiger partial charge in [0.15, 0.2) is 0 Å². The third-order valence-electron chi connectivity index (χ3n) is 3.89. The van der Waals surface area contributed by atoms with Gasteiger partial charge in [0.1, 0.15) is 6.33 Å². The van der Waals surface area contributed by atoms with Crippen molar-refractivity contribution in [1.82, 2.24) is 20.3 Å². The van der Waals surface area contributed by atoms with E-state index < -0.39 is 11.6 Å². The van der Waals surface area contributed by atoms with Gasteiger partial charge in [0, 0.05) is 25.7 Å². The van der Waals surface area contributed by atoms with Crippen molar-refractivity contribution in [3.63, 3.8) is 0 Å². The monoisotopic (exact) mass is 318 g/mol. The Bertz CT molecular complexity index is 505. The largest absolute Gasteiger partial charge is 0.395 e. The van der Waals surface area contributed by atoms with Crippen molar-refractivity contribution in [1.29, 1.82) is 0 Å². The number of alkyl halides is 3. The van der Waals surface area contributed by atoms with Gasteiger partial charge < -0.3 is 15.5 Å². The Morgan fingerprint density at radius 2 is 2.05 bits per heavy atom. The van der Waals surface area contributed by atoms with Gasteiger partial charge in [0.2, 0.25) is 11.9 Å². The van der Waals surface area contributed by atoms with Gasteiger partial charge in [-0.2, -0.15) is 18.2 Å². The van der Waals surface area contributed by atoms with Crippen LogP contribution in [0.2, 0.25) is 0 Å². The summed E-state index contributed by atoms with van der Waals surface area (Å²) in [6.07, 6.45) is -1.99. The quantitative estimate of drug-likeness (QED) is 0.861. The van der Waals surface area contributed by atoms with Crippen LogP contribution < -0.4 is 15.5 Å². The van der Waals surface area contributed by atoms with E-state index in [0.29, 0.717) is 12.0 Å². The van der Waals surface area contributed by atoms with Crippen LogP contribution in [-0.4, -0.2) is 53.9 Å². The van der Waals surface area contributed by atoms with Crippen molar-refractivity contribution in [3.8, 4) is 0 Å². The average Bonchev–Trinajstić information content (AvgIpc) is 2.93. The minimum atomic E-state index is -4.29. The summed E-state index contributed by atoms with van der Waals surface area (Å²) in [7, 11) is 1.90. The molecular formula is C13H21F3N6. The van der Waals surface area contributed by atoms with Crippen molar-refractivity contribution >= 4 is 11.9 Å². The van der Waals surface area contributed by atoms with Gasteiger partial charge in [-0.3, -0.25) is 0 Å². The molecule has 1 fully saturated rings. The SMILES string of the molecule is CN[C@@H]1CCN(c2ncnc(NCC(C)(C)C(F)(F)F)n2)C1. The maximum Gasteiger partial charge on any atom is 0.395 e. The zero-order valence-electron chi connectivity index (χ0n) is 12.9. The molecule has 9 heteroatoms. The van der Waals surface area contributed by atoms with Crippen LogP contribution in [0.25, 0.3) is 0 Å². The minimum absolute atomic E-state index is 0.162. The molecular weight excluding hydrogens is 297 g/mol. The number of rotatable bonds is 5. The number of hydrogen-bond acceptors (Lipinski definition) is 6. The molecule has 1 aliphatic heterocycles. The summed E-state index contributed by atoms with van der Waals surface area (Å²) in [4.78, 5) is 14.2. The van der Waals surface area contributed by atoms with Gasteiger partial charge in [0.25, 0.3) is 0 Å². The second-order valence-electron chi connectivity index (χ2n) is 6.06.